The summed E-state index contributed by atoms with van der Waals surface area (Å²) in [5.74, 6) is 0.0564. The van der Waals surface area contributed by atoms with Gasteiger partial charge in [0.25, 0.3) is 0 Å². The summed E-state index contributed by atoms with van der Waals surface area (Å²) in [5, 5.41) is 5.11. The molecular formula is C35H24N2. The topological polar surface area (TPSA) is 31.6 Å². The van der Waals surface area contributed by atoms with Gasteiger partial charge in [-0.25, -0.2) is 0 Å². The van der Waals surface area contributed by atoms with Gasteiger partial charge in [0.15, 0.2) is 0 Å². The van der Waals surface area contributed by atoms with Crippen LogP contribution in [0.3, 0.4) is 0 Å². The third-order valence-corrected chi connectivity index (χ3v) is 7.88. The van der Waals surface area contributed by atoms with Gasteiger partial charge in [0.05, 0.1) is 5.69 Å². The third kappa shape index (κ3) is 2.99. The molecule has 0 amide bonds. The van der Waals surface area contributed by atoms with Gasteiger partial charge in [0.1, 0.15) is 0 Å². The number of hydrogen-bond donors (Lipinski definition) is 2. The summed E-state index contributed by atoms with van der Waals surface area (Å²) in [5.41, 5.74) is 11.1. The van der Waals surface area contributed by atoms with E-state index >= 15 is 0 Å². The van der Waals surface area contributed by atoms with E-state index in [0.29, 0.717) is 0 Å². The number of nitrogens with one attached hydrogen (secondary N) is 2. The third-order valence-electron chi connectivity index (χ3n) is 7.88. The molecule has 0 radical (unpaired) electrons. The number of benzene rings is 5. The fourth-order valence-electron chi connectivity index (χ4n) is 6.30. The van der Waals surface area contributed by atoms with Crippen molar-refractivity contribution in [1.82, 2.24) is 9.97 Å². The second-order valence-electron chi connectivity index (χ2n) is 9.88. The van der Waals surface area contributed by atoms with Gasteiger partial charge < -0.3 is 9.97 Å². The zero-order valence-corrected chi connectivity index (χ0v) is 20.2. The minimum Gasteiger partial charge on any atom is -0.355 e. The van der Waals surface area contributed by atoms with E-state index in [4.69, 9.17) is 0 Å². The molecule has 37 heavy (non-hydrogen) atoms. The number of H-pyrrole nitrogens is 2. The lowest BCUT2D eigenvalue weighted by Gasteiger charge is -2.21. The molecule has 2 N–H and O–H groups in total. The van der Waals surface area contributed by atoms with Crippen LogP contribution in [0, 0.1) is 0 Å². The smallest absolute Gasteiger partial charge is 0.0513 e. The van der Waals surface area contributed by atoms with Crippen LogP contribution in [0.15, 0.2) is 121 Å². The summed E-state index contributed by atoms with van der Waals surface area (Å²) < 4.78 is 0. The number of fused-ring (bicyclic) bond motifs is 7. The molecule has 1 aliphatic rings. The Labute approximate surface area is 214 Å². The van der Waals surface area contributed by atoms with Crippen molar-refractivity contribution in [3.63, 3.8) is 0 Å². The first-order chi connectivity index (χ1) is 18.4. The molecule has 2 aromatic heterocycles. The lowest BCUT2D eigenvalue weighted by atomic mass is 9.80. The fraction of sp³-hybridized carbons (Fsp3) is 0.0286. The quantitative estimate of drug-likeness (QED) is 0.252. The first kappa shape index (κ1) is 20.4. The standard InChI is InChI=1S/C35H24N2/c1-2-11-23(12-3-1)28-21-31-32(26-16-6-8-19-29(26)36-31)33(25-18-10-14-22-13-4-5-15-24(22)25)34-27-17-7-9-20-30(27)37-35(28)34/h1-21,33,36-37H. The Hall–Kier alpha value is -4.82. The summed E-state index contributed by atoms with van der Waals surface area (Å²) in [7, 11) is 0. The minimum atomic E-state index is 0.0564. The first-order valence-electron chi connectivity index (χ1n) is 12.8. The Bertz CT molecular complexity index is 1980. The maximum absolute atomic E-state index is 3.84. The molecule has 174 valence electrons. The number of aromatic amines is 2. The average Bonchev–Trinajstić information content (AvgIpc) is 3.48. The maximum atomic E-state index is 3.84. The van der Waals surface area contributed by atoms with Gasteiger partial charge in [-0.3, -0.25) is 0 Å². The molecule has 7 aromatic rings. The van der Waals surface area contributed by atoms with Gasteiger partial charge in [-0.2, -0.15) is 0 Å². The van der Waals surface area contributed by atoms with E-state index in [-0.39, 0.29) is 5.92 Å². The van der Waals surface area contributed by atoms with E-state index in [2.05, 4.69) is 137 Å². The van der Waals surface area contributed by atoms with E-state index < -0.39 is 0 Å². The Morgan fingerprint density at radius 2 is 1.11 bits per heavy atom. The summed E-state index contributed by atoms with van der Waals surface area (Å²) in [4.78, 5) is 7.63. The molecule has 5 aromatic carbocycles. The molecule has 0 bridgehead atoms. The molecule has 1 aliphatic carbocycles. The van der Waals surface area contributed by atoms with Crippen LogP contribution >= 0.6 is 0 Å². The summed E-state index contributed by atoms with van der Waals surface area (Å²) in [6.07, 6.45) is 2.35. The van der Waals surface area contributed by atoms with Crippen LogP contribution < -0.4 is 0 Å². The molecule has 1 unspecified atom stereocenters. The second-order valence-corrected chi connectivity index (χ2v) is 9.88. The lowest BCUT2D eigenvalue weighted by Crippen LogP contribution is -2.06. The normalized spacial score (nSPS) is 14.9. The van der Waals surface area contributed by atoms with Gasteiger partial charge in [0.2, 0.25) is 0 Å². The molecule has 1 atom stereocenters. The Balaban J connectivity index is 1.58. The summed E-state index contributed by atoms with van der Waals surface area (Å²) in [6.45, 7) is 0. The second kappa shape index (κ2) is 7.84. The molecule has 0 spiro atoms. The number of para-hydroxylation sites is 2. The van der Waals surface area contributed by atoms with E-state index in [1.54, 1.807) is 0 Å². The van der Waals surface area contributed by atoms with Crippen LogP contribution in [-0.4, -0.2) is 9.97 Å². The highest BCUT2D eigenvalue weighted by Crippen LogP contribution is 2.49. The number of hydrogen-bond acceptors (Lipinski definition) is 0. The van der Waals surface area contributed by atoms with Crippen molar-refractivity contribution in [2.45, 2.75) is 5.92 Å². The Kier molecular flexibility index (Phi) is 4.32. The molecule has 0 saturated carbocycles. The van der Waals surface area contributed by atoms with Gasteiger partial charge in [0, 0.05) is 39.0 Å². The van der Waals surface area contributed by atoms with Crippen molar-refractivity contribution < 1.29 is 0 Å². The highest BCUT2D eigenvalue weighted by atomic mass is 14.8. The van der Waals surface area contributed by atoms with Crippen molar-refractivity contribution in [2.24, 2.45) is 0 Å². The molecule has 2 nitrogen and oxygen atoms in total. The molecule has 2 heteroatoms. The lowest BCUT2D eigenvalue weighted by molar-refractivity contribution is 1.00. The highest BCUT2D eigenvalue weighted by Gasteiger charge is 2.33. The predicted octanol–water partition coefficient (Wildman–Crippen LogP) is 8.88. The summed E-state index contributed by atoms with van der Waals surface area (Å²) in [6, 6.07) is 43.7. The molecule has 2 heterocycles. The van der Waals surface area contributed by atoms with Crippen LogP contribution in [-0.2, 0) is 0 Å². The van der Waals surface area contributed by atoms with E-state index in [1.807, 2.05) is 0 Å². The van der Waals surface area contributed by atoms with Crippen LogP contribution in [0.1, 0.15) is 39.6 Å². The van der Waals surface area contributed by atoms with Gasteiger partial charge in [-0.05, 0) is 51.2 Å². The van der Waals surface area contributed by atoms with Crippen molar-refractivity contribution >= 4 is 44.2 Å². The predicted molar refractivity (Wildman–Crippen MR) is 155 cm³/mol. The molecule has 8 rings (SSSR count). The monoisotopic (exact) mass is 472 g/mol. The first-order valence-corrected chi connectivity index (χ1v) is 12.8. The number of aromatic nitrogens is 2. The van der Waals surface area contributed by atoms with Gasteiger partial charge in [-0.1, -0.05) is 109 Å². The van der Waals surface area contributed by atoms with E-state index in [9.17, 15) is 0 Å². The average molecular weight is 473 g/mol. The maximum Gasteiger partial charge on any atom is 0.0513 e. The number of rotatable bonds is 2. The molecule has 0 fully saturated rings. The fourth-order valence-corrected chi connectivity index (χ4v) is 6.30. The SMILES string of the molecule is C1=C(c2ccccc2)c2[nH]c3ccccc3c2C(c2cccc3ccccc23)c2c1[nH]c1ccccc21. The zero-order valence-electron chi connectivity index (χ0n) is 20.2. The van der Waals surface area contributed by atoms with Crippen LogP contribution in [0.4, 0.5) is 0 Å². The van der Waals surface area contributed by atoms with Crippen molar-refractivity contribution in [2.75, 3.05) is 0 Å². The van der Waals surface area contributed by atoms with E-state index in [1.165, 1.54) is 71.8 Å². The minimum absolute atomic E-state index is 0.0564. The van der Waals surface area contributed by atoms with Crippen LogP contribution in [0.5, 0.6) is 0 Å². The Morgan fingerprint density at radius 3 is 1.92 bits per heavy atom. The van der Waals surface area contributed by atoms with Crippen molar-refractivity contribution in [3.8, 4) is 0 Å². The molecule has 0 aliphatic heterocycles. The summed E-state index contributed by atoms with van der Waals surface area (Å²) >= 11 is 0. The molecular weight excluding hydrogens is 448 g/mol. The van der Waals surface area contributed by atoms with Crippen molar-refractivity contribution in [3.05, 3.63) is 155 Å². The zero-order chi connectivity index (χ0) is 24.3. The van der Waals surface area contributed by atoms with Gasteiger partial charge >= 0.3 is 0 Å². The molecule has 0 saturated heterocycles. The van der Waals surface area contributed by atoms with Crippen molar-refractivity contribution in [1.29, 1.82) is 0 Å². The van der Waals surface area contributed by atoms with Crippen LogP contribution in [0.2, 0.25) is 0 Å². The van der Waals surface area contributed by atoms with Gasteiger partial charge in [-0.15, -0.1) is 0 Å². The highest BCUT2D eigenvalue weighted by molar-refractivity contribution is 6.04. The largest absolute Gasteiger partial charge is 0.355 e. The Morgan fingerprint density at radius 1 is 0.486 bits per heavy atom. The van der Waals surface area contributed by atoms with Crippen LogP contribution in [0.25, 0.3) is 44.2 Å². The van der Waals surface area contributed by atoms with E-state index in [0.717, 1.165) is 0 Å².